The second-order valence-corrected chi connectivity index (χ2v) is 5.13. The van der Waals surface area contributed by atoms with Crippen molar-refractivity contribution in [3.05, 3.63) is 0 Å². The second-order valence-electron chi connectivity index (χ2n) is 2.98. The van der Waals surface area contributed by atoms with Gasteiger partial charge in [-0.15, -0.1) is 0 Å². The summed E-state index contributed by atoms with van der Waals surface area (Å²) in [6.45, 7) is 6.71. The molecule has 0 N–H and O–H groups in total. The summed E-state index contributed by atoms with van der Waals surface area (Å²) in [5.74, 6) is 0. The van der Waals surface area contributed by atoms with Gasteiger partial charge < -0.3 is 13.6 Å². The van der Waals surface area contributed by atoms with Gasteiger partial charge in [0.1, 0.15) is 5.73 Å². The predicted octanol–water partition coefficient (Wildman–Crippen LogP) is 0.998. The van der Waals surface area contributed by atoms with E-state index in [0.717, 1.165) is 32.7 Å². The fourth-order valence-electron chi connectivity index (χ4n) is 0.943. The molecule has 0 aliphatic carbocycles. The zero-order chi connectivity index (χ0) is 8.81. The van der Waals surface area contributed by atoms with E-state index < -0.39 is 9.28 Å². The molecular formula is C8H18O3Si. The summed E-state index contributed by atoms with van der Waals surface area (Å²) in [7, 11) is -1.45. The second kappa shape index (κ2) is 5.69. The topological polar surface area (TPSA) is 31.0 Å². The molecule has 1 atom stereocenters. The molecule has 0 amide bonds. The van der Waals surface area contributed by atoms with Crippen molar-refractivity contribution < 1.29 is 13.6 Å². The lowest BCUT2D eigenvalue weighted by molar-refractivity contribution is 0.185. The normalized spacial score (nSPS) is 21.8. The van der Waals surface area contributed by atoms with Crippen LogP contribution in [0.1, 0.15) is 26.7 Å². The Bertz CT molecular complexity index is 109. The fraction of sp³-hybridized carbons (Fsp3) is 1.00. The van der Waals surface area contributed by atoms with Gasteiger partial charge in [-0.25, -0.2) is 0 Å². The standard InChI is InChI=1S/C8H18O3Si/c1-3-5-10-12(8-7-9-8)11-6-4-2/h8,12H,3-7H2,1-2H3. The highest BCUT2D eigenvalue weighted by Gasteiger charge is 2.37. The van der Waals surface area contributed by atoms with Gasteiger partial charge in [0.2, 0.25) is 0 Å². The van der Waals surface area contributed by atoms with Crippen LogP contribution in [0.5, 0.6) is 0 Å². The number of hydrogen-bond donors (Lipinski definition) is 0. The third-order valence-corrected chi connectivity index (χ3v) is 3.76. The number of epoxide rings is 1. The van der Waals surface area contributed by atoms with Crippen LogP contribution in [-0.2, 0) is 13.6 Å². The van der Waals surface area contributed by atoms with Gasteiger partial charge >= 0.3 is 9.28 Å². The highest BCUT2D eigenvalue weighted by molar-refractivity contribution is 6.47. The summed E-state index contributed by atoms with van der Waals surface area (Å²) < 4.78 is 16.4. The van der Waals surface area contributed by atoms with Crippen molar-refractivity contribution in [3.8, 4) is 0 Å². The van der Waals surface area contributed by atoms with Crippen molar-refractivity contribution in [2.45, 2.75) is 32.4 Å². The molecule has 3 nitrogen and oxygen atoms in total. The lowest BCUT2D eigenvalue weighted by Gasteiger charge is -2.13. The molecule has 0 aromatic heterocycles. The maximum absolute atomic E-state index is 5.61. The molecule has 12 heavy (non-hydrogen) atoms. The average molecular weight is 190 g/mol. The third-order valence-electron chi connectivity index (χ3n) is 1.64. The summed E-state index contributed by atoms with van der Waals surface area (Å²) in [5, 5.41) is 0. The van der Waals surface area contributed by atoms with Gasteiger partial charge in [0.25, 0.3) is 0 Å². The molecule has 1 fully saturated rings. The Balaban J connectivity index is 2.09. The highest BCUT2D eigenvalue weighted by Crippen LogP contribution is 2.15. The molecule has 1 rings (SSSR count). The Morgan fingerprint density at radius 1 is 1.25 bits per heavy atom. The van der Waals surface area contributed by atoms with Gasteiger partial charge in [0, 0.05) is 13.2 Å². The Labute approximate surface area is 75.9 Å². The van der Waals surface area contributed by atoms with Crippen LogP contribution in [0.3, 0.4) is 0 Å². The molecule has 1 heterocycles. The van der Waals surface area contributed by atoms with Crippen LogP contribution in [0.2, 0.25) is 0 Å². The van der Waals surface area contributed by atoms with E-state index >= 15 is 0 Å². The first-order valence-corrected chi connectivity index (χ1v) is 6.34. The highest BCUT2D eigenvalue weighted by atomic mass is 28.3. The quantitative estimate of drug-likeness (QED) is 0.443. The first-order valence-electron chi connectivity index (χ1n) is 4.73. The maximum atomic E-state index is 5.61. The summed E-state index contributed by atoms with van der Waals surface area (Å²) in [5.41, 5.74) is 0.336. The summed E-state index contributed by atoms with van der Waals surface area (Å²) in [6, 6.07) is 0. The Kier molecular flexibility index (Phi) is 4.83. The van der Waals surface area contributed by atoms with Gasteiger partial charge in [-0.05, 0) is 12.8 Å². The van der Waals surface area contributed by atoms with E-state index in [4.69, 9.17) is 13.6 Å². The van der Waals surface area contributed by atoms with Gasteiger partial charge in [-0.3, -0.25) is 0 Å². The largest absolute Gasteiger partial charge is 0.395 e. The fourth-order valence-corrected chi connectivity index (χ4v) is 2.83. The Morgan fingerprint density at radius 3 is 2.08 bits per heavy atom. The molecule has 1 unspecified atom stereocenters. The molecule has 1 aliphatic heterocycles. The van der Waals surface area contributed by atoms with Crippen LogP contribution in [0, 0.1) is 0 Å². The first kappa shape index (κ1) is 10.2. The molecular weight excluding hydrogens is 172 g/mol. The van der Waals surface area contributed by atoms with Crippen molar-refractivity contribution >= 4 is 9.28 Å². The molecule has 0 aromatic carbocycles. The van der Waals surface area contributed by atoms with Crippen LogP contribution in [0.25, 0.3) is 0 Å². The van der Waals surface area contributed by atoms with Crippen LogP contribution in [0.15, 0.2) is 0 Å². The van der Waals surface area contributed by atoms with Gasteiger partial charge in [-0.1, -0.05) is 13.8 Å². The molecule has 1 aliphatic rings. The van der Waals surface area contributed by atoms with E-state index in [-0.39, 0.29) is 0 Å². The summed E-state index contributed by atoms with van der Waals surface area (Å²) in [6.07, 6.45) is 2.12. The lowest BCUT2D eigenvalue weighted by atomic mass is 10.5. The van der Waals surface area contributed by atoms with E-state index in [1.807, 2.05) is 0 Å². The Morgan fingerprint density at radius 2 is 1.75 bits per heavy atom. The minimum Gasteiger partial charge on any atom is -0.395 e. The minimum atomic E-state index is -1.45. The number of ether oxygens (including phenoxy) is 1. The zero-order valence-electron chi connectivity index (χ0n) is 7.91. The van der Waals surface area contributed by atoms with Crippen LogP contribution < -0.4 is 0 Å². The van der Waals surface area contributed by atoms with Crippen molar-refractivity contribution in [1.29, 1.82) is 0 Å². The van der Waals surface area contributed by atoms with E-state index in [1.165, 1.54) is 0 Å². The SMILES string of the molecule is CCCO[SiH](OCCC)C1CO1. The van der Waals surface area contributed by atoms with Crippen molar-refractivity contribution in [1.82, 2.24) is 0 Å². The number of hydrogen-bond acceptors (Lipinski definition) is 3. The van der Waals surface area contributed by atoms with Gasteiger partial charge in [0.15, 0.2) is 0 Å². The molecule has 1 saturated heterocycles. The molecule has 0 saturated carbocycles. The van der Waals surface area contributed by atoms with Crippen molar-refractivity contribution in [3.63, 3.8) is 0 Å². The molecule has 0 aromatic rings. The third kappa shape index (κ3) is 3.67. The van der Waals surface area contributed by atoms with Gasteiger partial charge in [0.05, 0.1) is 6.61 Å². The van der Waals surface area contributed by atoms with Gasteiger partial charge in [-0.2, -0.15) is 0 Å². The van der Waals surface area contributed by atoms with E-state index in [9.17, 15) is 0 Å². The molecule has 0 spiro atoms. The first-order chi connectivity index (χ1) is 5.88. The van der Waals surface area contributed by atoms with Crippen LogP contribution >= 0.6 is 0 Å². The lowest BCUT2D eigenvalue weighted by Crippen LogP contribution is -2.30. The molecule has 4 heteroatoms. The van der Waals surface area contributed by atoms with E-state index in [0.29, 0.717) is 5.73 Å². The van der Waals surface area contributed by atoms with E-state index in [1.54, 1.807) is 0 Å². The minimum absolute atomic E-state index is 0.336. The zero-order valence-corrected chi connectivity index (χ0v) is 9.07. The van der Waals surface area contributed by atoms with Crippen LogP contribution in [-0.4, -0.2) is 34.8 Å². The summed E-state index contributed by atoms with van der Waals surface area (Å²) >= 11 is 0. The monoisotopic (exact) mass is 190 g/mol. The Hall–Kier alpha value is 0.0969. The van der Waals surface area contributed by atoms with Crippen LogP contribution in [0.4, 0.5) is 0 Å². The maximum Gasteiger partial charge on any atom is 0.353 e. The molecule has 72 valence electrons. The number of rotatable bonds is 7. The van der Waals surface area contributed by atoms with Crippen molar-refractivity contribution in [2.75, 3.05) is 19.8 Å². The molecule has 0 bridgehead atoms. The average Bonchev–Trinajstić information content (AvgIpc) is 2.88. The predicted molar refractivity (Wildman–Crippen MR) is 49.4 cm³/mol. The molecule has 0 radical (unpaired) electrons. The van der Waals surface area contributed by atoms with Crippen molar-refractivity contribution in [2.24, 2.45) is 0 Å². The summed E-state index contributed by atoms with van der Waals surface area (Å²) in [4.78, 5) is 0. The smallest absolute Gasteiger partial charge is 0.353 e. The van der Waals surface area contributed by atoms with E-state index in [2.05, 4.69) is 13.8 Å².